The molecule has 12 atom stereocenters. The minimum atomic E-state index is -2.09. The first-order valence-corrected chi connectivity index (χ1v) is 30.9. The summed E-state index contributed by atoms with van der Waals surface area (Å²) in [7, 11) is 0. The Kier molecular flexibility index (Phi) is 35.0. The van der Waals surface area contributed by atoms with Crippen LogP contribution in [0.4, 0.5) is 0 Å². The van der Waals surface area contributed by atoms with Crippen molar-refractivity contribution >= 4 is 94.7 Å². The Morgan fingerprint density at radius 3 is 1.42 bits per heavy atom. The van der Waals surface area contributed by atoms with Crippen LogP contribution >= 0.6 is 11.8 Å². The molecule has 0 radical (unpaired) electrons. The first-order valence-electron chi connectivity index (χ1n) is 29.7. The van der Waals surface area contributed by atoms with Crippen molar-refractivity contribution in [1.29, 1.82) is 0 Å². The Morgan fingerprint density at radius 2 is 0.935 bits per heavy atom. The van der Waals surface area contributed by atoms with Gasteiger partial charge in [-0.2, -0.15) is 11.8 Å². The van der Waals surface area contributed by atoms with Gasteiger partial charge >= 0.3 is 23.9 Å². The fourth-order valence-electron chi connectivity index (χ4n) is 8.74. The van der Waals surface area contributed by atoms with Gasteiger partial charge in [0, 0.05) is 37.2 Å². The number of amides is 10. The molecule has 0 aromatic heterocycles. The van der Waals surface area contributed by atoms with Crippen LogP contribution in [0, 0.1) is 11.8 Å². The predicted octanol–water partition coefficient (Wildman–Crippen LogP) is -2.68. The van der Waals surface area contributed by atoms with Crippen LogP contribution in [0.1, 0.15) is 116 Å². The predicted molar refractivity (Wildman–Crippen MR) is 331 cm³/mol. The van der Waals surface area contributed by atoms with E-state index in [4.69, 9.17) is 17.2 Å². The smallest absolute Gasteiger partial charge is 0.326 e. The molecule has 2 aromatic carbocycles. The van der Waals surface area contributed by atoms with E-state index in [1.807, 2.05) is 0 Å². The Bertz CT molecular complexity index is 2850. The second-order valence-electron chi connectivity index (χ2n) is 22.3. The van der Waals surface area contributed by atoms with Gasteiger partial charge in [-0.1, -0.05) is 76.6 Å². The molecule has 21 N–H and O–H groups in total. The lowest BCUT2D eigenvalue weighted by molar-refractivity contribution is -0.143. The Hall–Kier alpha value is -8.95. The molecule has 0 fully saturated rings. The first-order chi connectivity index (χ1) is 43.3. The SMILES string of the molecule is CC[C@H](C)[C@H](NC(=O)[C@H](Cc1ccc(O)cc1)NC(=O)[C@@H](N)[C@@H](C)O)C(=O)N[C@@H](CSCc1ccccc1)C(=O)N[C@@H](CCC(=O)O)C(=O)N[C@H](C(=O)N[C@@H](CCC(=O)O)C(=O)N[C@@H](CC(=O)O)C(=O)N[C@@H](CCC(N)=O)C(=O)N[C@@H](CCCCN)C(=O)O)C(C)C. The minimum Gasteiger partial charge on any atom is -0.508 e. The van der Waals surface area contributed by atoms with Gasteiger partial charge < -0.3 is 95.7 Å². The summed E-state index contributed by atoms with van der Waals surface area (Å²) in [4.78, 5) is 186. The van der Waals surface area contributed by atoms with E-state index >= 15 is 0 Å². The van der Waals surface area contributed by atoms with Gasteiger partial charge in [-0.3, -0.25) is 62.3 Å². The molecule has 0 aliphatic carbocycles. The van der Waals surface area contributed by atoms with Crippen LogP contribution < -0.4 is 65.1 Å². The van der Waals surface area contributed by atoms with E-state index in [1.165, 1.54) is 56.8 Å². The zero-order chi connectivity index (χ0) is 69.4. The second-order valence-corrected chi connectivity index (χ2v) is 23.3. The number of unbranched alkanes of at least 4 members (excludes halogenated alkanes) is 1. The number of primary amides is 1. The zero-order valence-corrected chi connectivity index (χ0v) is 52.7. The number of phenolic OH excluding ortho intramolecular Hbond substituents is 1. The lowest BCUT2D eigenvalue weighted by Gasteiger charge is -2.30. The molecule has 2 aromatic rings. The number of benzene rings is 2. The highest BCUT2D eigenvalue weighted by Gasteiger charge is 2.38. The summed E-state index contributed by atoms with van der Waals surface area (Å²) in [5, 5.41) is 80.3. The van der Waals surface area contributed by atoms with E-state index in [1.54, 1.807) is 44.2 Å². The van der Waals surface area contributed by atoms with Gasteiger partial charge in [0.05, 0.1) is 12.5 Å². The van der Waals surface area contributed by atoms with Crippen molar-refractivity contribution in [1.82, 2.24) is 47.9 Å². The molecule has 92 heavy (non-hydrogen) atoms. The van der Waals surface area contributed by atoms with Crippen LogP contribution in [0.3, 0.4) is 0 Å². The van der Waals surface area contributed by atoms with Gasteiger partial charge in [0.2, 0.25) is 59.1 Å². The molecule has 0 saturated carbocycles. The standard InChI is InChI=1S/C59H88N12O20S/c1-6-31(4)49(71-54(85)40(68-56(87)47(62)32(5)72)26-33-15-17-35(73)18-16-33)58(89)69-42(29-92-28-34-12-8-7-9-13-34)55(86)64-38(21-24-45(77)78)52(83)70-48(30(2)3)57(88)65-37(20-23-44(75)76)51(82)67-41(27-46(79)80)53(84)63-36(19-22-43(61)74)50(81)66-39(59(90)91)14-10-11-25-60/h7-9,12-13,15-18,30-32,36-42,47-49,72-73H,6,10-11,14,19-29,60,62H2,1-5H3,(H2,61,74)(H,63,84)(H,64,86)(H,65,88)(H,66,81)(H,67,82)(H,68,87)(H,69,89)(H,70,83)(H,71,85)(H,75,76)(H,77,78)(H,79,80)(H,90,91)/t31-,32+,36-,37-,38-,39-,40-,41-,42-,47-,48-,49-/m0/s1. The van der Waals surface area contributed by atoms with Crippen LogP contribution in [0.25, 0.3) is 0 Å². The van der Waals surface area contributed by atoms with Crippen molar-refractivity contribution < 1.29 is 97.8 Å². The molecule has 0 saturated heterocycles. The van der Waals surface area contributed by atoms with Gasteiger partial charge in [-0.15, -0.1) is 0 Å². The largest absolute Gasteiger partial charge is 0.508 e. The van der Waals surface area contributed by atoms with E-state index in [-0.39, 0.29) is 49.5 Å². The number of carbonyl (C=O) groups excluding carboxylic acids is 10. The number of aromatic hydroxyl groups is 1. The first kappa shape index (κ1) is 79.1. The number of thioether (sulfide) groups is 1. The minimum absolute atomic E-state index is 0.0885. The van der Waals surface area contributed by atoms with Crippen LogP contribution in [-0.2, 0) is 79.3 Å². The molecular weight excluding hydrogens is 1230 g/mol. The molecule has 0 spiro atoms. The Morgan fingerprint density at radius 1 is 0.489 bits per heavy atom. The summed E-state index contributed by atoms with van der Waals surface area (Å²) in [5.74, 6) is -18.5. The molecule has 0 bridgehead atoms. The lowest BCUT2D eigenvalue weighted by atomic mass is 9.96. The third kappa shape index (κ3) is 29.3. The van der Waals surface area contributed by atoms with Crippen LogP contribution in [0.5, 0.6) is 5.75 Å². The summed E-state index contributed by atoms with van der Waals surface area (Å²) in [5.41, 5.74) is 17.9. The highest BCUT2D eigenvalue weighted by atomic mass is 32.2. The Labute approximate surface area is 535 Å². The van der Waals surface area contributed by atoms with Gasteiger partial charge in [0.15, 0.2) is 0 Å². The second kappa shape index (κ2) is 40.7. The van der Waals surface area contributed by atoms with Crippen LogP contribution in [0.15, 0.2) is 54.6 Å². The number of nitrogens with two attached hydrogens (primary N) is 3. The number of carboxylic acid groups (broad SMARTS) is 4. The summed E-state index contributed by atoms with van der Waals surface area (Å²) in [6.45, 7) is 7.66. The molecule has 510 valence electrons. The maximum Gasteiger partial charge on any atom is 0.326 e. The maximum atomic E-state index is 14.6. The number of hydrogen-bond donors (Lipinski definition) is 18. The highest BCUT2D eigenvalue weighted by molar-refractivity contribution is 7.98. The van der Waals surface area contributed by atoms with Crippen molar-refractivity contribution in [3.8, 4) is 5.75 Å². The molecular formula is C59H88N12O20S. The molecule has 0 unspecified atom stereocenters. The number of hydrogen-bond acceptors (Lipinski definition) is 19. The van der Waals surface area contributed by atoms with Gasteiger partial charge in [0.25, 0.3) is 0 Å². The number of rotatable bonds is 44. The number of aliphatic hydroxyl groups excluding tert-OH is 1. The molecule has 0 heterocycles. The summed E-state index contributed by atoms with van der Waals surface area (Å²) < 4.78 is 0. The molecule has 0 aliphatic heterocycles. The number of aliphatic hydroxyl groups is 1. The van der Waals surface area contributed by atoms with E-state index in [2.05, 4.69) is 47.9 Å². The molecule has 0 aliphatic rings. The van der Waals surface area contributed by atoms with Gasteiger partial charge in [-0.25, -0.2) is 4.79 Å². The number of carbonyl (C=O) groups is 14. The van der Waals surface area contributed by atoms with E-state index < -0.39 is 206 Å². The zero-order valence-electron chi connectivity index (χ0n) is 51.8. The average molecular weight is 1320 g/mol. The molecule has 10 amide bonds. The molecule has 32 nitrogen and oxygen atoms in total. The third-order valence-electron chi connectivity index (χ3n) is 14.3. The molecule has 33 heteroatoms. The highest BCUT2D eigenvalue weighted by Crippen LogP contribution is 2.18. The van der Waals surface area contributed by atoms with Crippen LogP contribution in [0.2, 0.25) is 0 Å². The van der Waals surface area contributed by atoms with Crippen molar-refractivity contribution in [2.24, 2.45) is 29.0 Å². The summed E-state index contributed by atoms with van der Waals surface area (Å²) in [6.07, 6.45) is -5.85. The number of aliphatic carboxylic acids is 4. The lowest BCUT2D eigenvalue weighted by Crippen LogP contribution is -2.62. The van der Waals surface area contributed by atoms with Crippen LogP contribution in [-0.4, -0.2) is 192 Å². The maximum absolute atomic E-state index is 14.6. The average Bonchev–Trinajstić information content (AvgIpc) is 0.934. The molecule has 2 rings (SSSR count). The quantitative estimate of drug-likeness (QED) is 0.0301. The normalized spacial score (nSPS) is 15.0. The van der Waals surface area contributed by atoms with E-state index in [9.17, 15) is 97.8 Å². The monoisotopic (exact) mass is 1320 g/mol. The van der Waals surface area contributed by atoms with Gasteiger partial charge in [0.1, 0.15) is 66.2 Å². The summed E-state index contributed by atoms with van der Waals surface area (Å²) in [6, 6.07) is -1.94. The van der Waals surface area contributed by atoms with Crippen molar-refractivity contribution in [2.45, 2.75) is 184 Å². The fraction of sp³-hybridized carbons (Fsp3) is 0.559. The fourth-order valence-corrected chi connectivity index (χ4v) is 9.75. The number of carboxylic acids is 4. The third-order valence-corrected chi connectivity index (χ3v) is 15.5. The van der Waals surface area contributed by atoms with E-state index in [0.717, 1.165) is 5.56 Å². The Balaban J connectivity index is 2.55. The van der Waals surface area contributed by atoms with E-state index in [0.29, 0.717) is 12.0 Å². The van der Waals surface area contributed by atoms with Crippen molar-refractivity contribution in [3.05, 3.63) is 65.7 Å². The van der Waals surface area contributed by atoms with Gasteiger partial charge in [-0.05, 0) is 87.1 Å². The van der Waals surface area contributed by atoms with Crippen molar-refractivity contribution in [3.63, 3.8) is 0 Å². The van der Waals surface area contributed by atoms with Crippen molar-refractivity contribution in [2.75, 3.05) is 12.3 Å². The number of nitrogens with one attached hydrogen (secondary N) is 9. The summed E-state index contributed by atoms with van der Waals surface area (Å²) >= 11 is 1.17. The number of phenols is 1. The topological polar surface area (TPSA) is 547 Å².